The first kappa shape index (κ1) is 21.1. The molecule has 0 saturated heterocycles. The maximum atomic E-state index is 12.9. The Morgan fingerprint density at radius 2 is 1.40 bits per heavy atom. The molecule has 0 saturated carbocycles. The summed E-state index contributed by atoms with van der Waals surface area (Å²) in [5.74, 6) is -0.920. The Hall–Kier alpha value is -3.58. The molecule has 7 heteroatoms. The highest BCUT2D eigenvalue weighted by Gasteiger charge is 2.08. The number of amides is 2. The van der Waals surface area contributed by atoms with Crippen LogP contribution in [0.4, 0.5) is 15.8 Å². The van der Waals surface area contributed by atoms with Gasteiger partial charge in [0.05, 0.1) is 0 Å². The molecule has 0 heterocycles. The maximum absolute atomic E-state index is 12.9. The molecule has 0 atom stereocenters. The van der Waals surface area contributed by atoms with E-state index in [4.69, 9.17) is 12.2 Å². The van der Waals surface area contributed by atoms with Crippen molar-refractivity contribution in [1.29, 1.82) is 0 Å². The third-order valence-electron chi connectivity index (χ3n) is 4.24. The van der Waals surface area contributed by atoms with E-state index in [1.807, 2.05) is 30.3 Å². The summed E-state index contributed by atoms with van der Waals surface area (Å²) in [5, 5.41) is 8.39. The van der Waals surface area contributed by atoms with E-state index < -0.39 is 11.7 Å². The Morgan fingerprint density at radius 1 is 0.800 bits per heavy atom. The topological polar surface area (TPSA) is 70.2 Å². The van der Waals surface area contributed by atoms with Crippen molar-refractivity contribution < 1.29 is 14.0 Å². The number of nitrogens with one attached hydrogen (secondary N) is 3. The van der Waals surface area contributed by atoms with Crippen LogP contribution < -0.4 is 16.0 Å². The van der Waals surface area contributed by atoms with Gasteiger partial charge in [-0.15, -0.1) is 0 Å². The number of halogens is 1. The van der Waals surface area contributed by atoms with E-state index >= 15 is 0 Å². The van der Waals surface area contributed by atoms with Crippen LogP contribution in [0.1, 0.15) is 22.3 Å². The van der Waals surface area contributed by atoms with Gasteiger partial charge in [-0.2, -0.15) is 0 Å². The molecule has 0 radical (unpaired) electrons. The van der Waals surface area contributed by atoms with Crippen molar-refractivity contribution >= 4 is 40.5 Å². The van der Waals surface area contributed by atoms with E-state index in [0.717, 1.165) is 5.56 Å². The third-order valence-corrected chi connectivity index (χ3v) is 4.45. The van der Waals surface area contributed by atoms with Crippen LogP contribution in [0.2, 0.25) is 0 Å². The Kier molecular flexibility index (Phi) is 7.24. The standard InChI is InChI=1S/C23H20FN3O2S/c24-18-9-7-17(8-10-18)22(29)27-23(30)26-20-13-11-19(12-14-20)25-21(28)15-6-16-4-2-1-3-5-16/h1-5,7-14H,6,15H2,(H,25,28)(H2,26,27,29,30). The lowest BCUT2D eigenvalue weighted by molar-refractivity contribution is -0.116. The fourth-order valence-corrected chi connectivity index (χ4v) is 2.91. The average Bonchev–Trinajstić information content (AvgIpc) is 2.75. The van der Waals surface area contributed by atoms with Crippen LogP contribution >= 0.6 is 12.2 Å². The van der Waals surface area contributed by atoms with Crippen LogP contribution in [0.25, 0.3) is 0 Å². The first-order valence-corrected chi connectivity index (χ1v) is 9.72. The van der Waals surface area contributed by atoms with Crippen LogP contribution in [-0.4, -0.2) is 16.9 Å². The van der Waals surface area contributed by atoms with Gasteiger partial charge in [0.15, 0.2) is 5.11 Å². The van der Waals surface area contributed by atoms with Gasteiger partial charge in [0.1, 0.15) is 5.82 Å². The smallest absolute Gasteiger partial charge is 0.257 e. The number of aryl methyl sites for hydroxylation is 1. The van der Waals surface area contributed by atoms with Crippen molar-refractivity contribution in [2.24, 2.45) is 0 Å². The van der Waals surface area contributed by atoms with Crippen LogP contribution in [0.3, 0.4) is 0 Å². The van der Waals surface area contributed by atoms with Gasteiger partial charge in [-0.25, -0.2) is 4.39 Å². The summed E-state index contributed by atoms with van der Waals surface area (Å²) >= 11 is 5.13. The van der Waals surface area contributed by atoms with Crippen molar-refractivity contribution in [1.82, 2.24) is 5.32 Å². The minimum absolute atomic E-state index is 0.0679. The molecule has 2 amide bonds. The largest absolute Gasteiger partial charge is 0.332 e. The highest BCUT2D eigenvalue weighted by atomic mass is 32.1. The number of hydrogen-bond donors (Lipinski definition) is 3. The molecule has 0 spiro atoms. The first-order chi connectivity index (χ1) is 14.5. The van der Waals surface area contributed by atoms with Crippen LogP contribution in [-0.2, 0) is 11.2 Å². The SMILES string of the molecule is O=C(CCc1ccccc1)Nc1ccc(NC(=S)NC(=O)c2ccc(F)cc2)cc1. The molecule has 0 aliphatic carbocycles. The second-order valence-corrected chi connectivity index (χ2v) is 6.93. The van der Waals surface area contributed by atoms with Gasteiger partial charge in [-0.05, 0) is 72.7 Å². The lowest BCUT2D eigenvalue weighted by atomic mass is 10.1. The molecule has 3 aromatic carbocycles. The molecule has 3 N–H and O–H groups in total. The molecule has 5 nitrogen and oxygen atoms in total. The van der Waals surface area contributed by atoms with Crippen molar-refractivity contribution in [2.45, 2.75) is 12.8 Å². The predicted octanol–water partition coefficient (Wildman–Crippen LogP) is 4.52. The van der Waals surface area contributed by atoms with E-state index in [9.17, 15) is 14.0 Å². The van der Waals surface area contributed by atoms with Gasteiger partial charge in [-0.3, -0.25) is 14.9 Å². The Balaban J connectivity index is 1.46. The molecule has 152 valence electrons. The van der Waals surface area contributed by atoms with Gasteiger partial charge < -0.3 is 10.6 Å². The monoisotopic (exact) mass is 421 g/mol. The van der Waals surface area contributed by atoms with Gasteiger partial charge in [-0.1, -0.05) is 30.3 Å². The summed E-state index contributed by atoms with van der Waals surface area (Å²) < 4.78 is 12.9. The fraction of sp³-hybridized carbons (Fsp3) is 0.0870. The molecule has 30 heavy (non-hydrogen) atoms. The molecule has 0 unspecified atom stereocenters. The van der Waals surface area contributed by atoms with Crippen LogP contribution in [0, 0.1) is 5.82 Å². The number of hydrogen-bond acceptors (Lipinski definition) is 3. The van der Waals surface area contributed by atoms with E-state index in [2.05, 4.69) is 16.0 Å². The Labute approximate surface area is 179 Å². The summed E-state index contributed by atoms with van der Waals surface area (Å²) in [7, 11) is 0. The van der Waals surface area contributed by atoms with Crippen molar-refractivity contribution in [3.05, 3.63) is 95.8 Å². The van der Waals surface area contributed by atoms with E-state index in [0.29, 0.717) is 29.8 Å². The molecule has 0 fully saturated rings. The number of anilines is 2. The summed E-state index contributed by atoms with van der Waals surface area (Å²) in [6, 6.07) is 22.0. The van der Waals surface area contributed by atoms with E-state index in [1.54, 1.807) is 24.3 Å². The fourth-order valence-electron chi connectivity index (χ4n) is 2.70. The summed E-state index contributed by atoms with van der Waals surface area (Å²) in [6.45, 7) is 0. The normalized spacial score (nSPS) is 10.2. The highest BCUT2D eigenvalue weighted by molar-refractivity contribution is 7.80. The number of carbonyl (C=O) groups is 2. The second kappa shape index (κ2) is 10.3. The molecule has 3 aromatic rings. The quantitative estimate of drug-likeness (QED) is 0.512. The summed E-state index contributed by atoms with van der Waals surface area (Å²) in [5.41, 5.74) is 2.74. The van der Waals surface area contributed by atoms with Gasteiger partial charge >= 0.3 is 0 Å². The van der Waals surface area contributed by atoms with Gasteiger partial charge in [0, 0.05) is 23.4 Å². The lowest BCUT2D eigenvalue weighted by Gasteiger charge is -2.11. The minimum Gasteiger partial charge on any atom is -0.332 e. The van der Waals surface area contributed by atoms with Gasteiger partial charge in [0.2, 0.25) is 5.91 Å². The minimum atomic E-state index is -0.435. The zero-order chi connectivity index (χ0) is 21.3. The number of carbonyl (C=O) groups excluding carboxylic acids is 2. The summed E-state index contributed by atoms with van der Waals surface area (Å²) in [6.07, 6.45) is 1.07. The molecule has 0 aromatic heterocycles. The van der Waals surface area contributed by atoms with E-state index in [1.165, 1.54) is 24.3 Å². The molecule has 0 bridgehead atoms. The van der Waals surface area contributed by atoms with Crippen molar-refractivity contribution in [3.63, 3.8) is 0 Å². The zero-order valence-corrected chi connectivity index (χ0v) is 16.8. The molecule has 0 aliphatic heterocycles. The van der Waals surface area contributed by atoms with Gasteiger partial charge in [0.25, 0.3) is 5.91 Å². The molecule has 3 rings (SSSR count). The van der Waals surface area contributed by atoms with Crippen molar-refractivity contribution in [3.8, 4) is 0 Å². The Bertz CT molecular complexity index is 1020. The summed E-state index contributed by atoms with van der Waals surface area (Å²) in [4.78, 5) is 24.2. The zero-order valence-electron chi connectivity index (χ0n) is 16.0. The predicted molar refractivity (Wildman–Crippen MR) is 120 cm³/mol. The van der Waals surface area contributed by atoms with Crippen molar-refractivity contribution in [2.75, 3.05) is 10.6 Å². The third kappa shape index (κ3) is 6.49. The van der Waals surface area contributed by atoms with E-state index in [-0.39, 0.29) is 11.0 Å². The molecular formula is C23H20FN3O2S. The first-order valence-electron chi connectivity index (χ1n) is 9.31. The maximum Gasteiger partial charge on any atom is 0.257 e. The lowest BCUT2D eigenvalue weighted by Crippen LogP contribution is -2.34. The Morgan fingerprint density at radius 3 is 2.03 bits per heavy atom. The van der Waals surface area contributed by atoms with Crippen LogP contribution in [0.15, 0.2) is 78.9 Å². The molecule has 0 aliphatic rings. The number of rotatable bonds is 6. The number of thiocarbonyl (C=S) groups is 1. The molecular weight excluding hydrogens is 401 g/mol. The second-order valence-electron chi connectivity index (χ2n) is 6.53. The van der Waals surface area contributed by atoms with Crippen LogP contribution in [0.5, 0.6) is 0 Å². The highest BCUT2D eigenvalue weighted by Crippen LogP contribution is 2.14. The number of benzene rings is 3. The average molecular weight is 421 g/mol.